The van der Waals surface area contributed by atoms with E-state index in [9.17, 15) is 4.79 Å². The predicted octanol–water partition coefficient (Wildman–Crippen LogP) is 5.55. The summed E-state index contributed by atoms with van der Waals surface area (Å²) >= 11 is 6.26. The summed E-state index contributed by atoms with van der Waals surface area (Å²) in [6.45, 7) is 4.40. The SMILES string of the molecule is CCOc1ccc(-n2nc(C(=O)Nc3c(C)cccc3Cl)nc2-c2ccccc2)cc1. The highest BCUT2D eigenvalue weighted by molar-refractivity contribution is 6.34. The van der Waals surface area contributed by atoms with Crippen molar-refractivity contribution in [3.63, 3.8) is 0 Å². The van der Waals surface area contributed by atoms with Crippen LogP contribution in [0.1, 0.15) is 23.1 Å². The fourth-order valence-corrected chi connectivity index (χ4v) is 3.44. The number of para-hydroxylation sites is 1. The summed E-state index contributed by atoms with van der Waals surface area (Å²) in [5.74, 6) is 0.940. The molecule has 0 atom stereocenters. The quantitative estimate of drug-likeness (QED) is 0.434. The molecule has 156 valence electrons. The lowest BCUT2D eigenvalue weighted by molar-refractivity contribution is 0.101. The molecular weight excluding hydrogens is 412 g/mol. The monoisotopic (exact) mass is 432 g/mol. The molecule has 0 bridgehead atoms. The van der Waals surface area contributed by atoms with Crippen molar-refractivity contribution in [3.8, 4) is 22.8 Å². The summed E-state index contributed by atoms with van der Waals surface area (Å²) in [7, 11) is 0. The Hall–Kier alpha value is -3.64. The molecule has 7 heteroatoms. The van der Waals surface area contributed by atoms with Gasteiger partial charge < -0.3 is 10.1 Å². The first-order valence-electron chi connectivity index (χ1n) is 9.89. The van der Waals surface area contributed by atoms with Crippen molar-refractivity contribution in [1.29, 1.82) is 0 Å². The fourth-order valence-electron chi connectivity index (χ4n) is 3.17. The van der Waals surface area contributed by atoms with Gasteiger partial charge in [-0.05, 0) is 49.7 Å². The Bertz CT molecular complexity index is 1180. The first-order chi connectivity index (χ1) is 15.1. The van der Waals surface area contributed by atoms with E-state index < -0.39 is 5.91 Å². The smallest absolute Gasteiger partial charge is 0.295 e. The Balaban J connectivity index is 1.74. The summed E-state index contributed by atoms with van der Waals surface area (Å²) in [6.07, 6.45) is 0. The summed E-state index contributed by atoms with van der Waals surface area (Å²) < 4.78 is 7.17. The van der Waals surface area contributed by atoms with E-state index in [0.717, 1.165) is 22.6 Å². The van der Waals surface area contributed by atoms with Crippen LogP contribution in [-0.4, -0.2) is 27.3 Å². The molecule has 0 saturated carbocycles. The molecular formula is C24H21ClN4O2. The number of halogens is 1. The van der Waals surface area contributed by atoms with Gasteiger partial charge in [-0.15, -0.1) is 5.10 Å². The zero-order valence-corrected chi connectivity index (χ0v) is 17.9. The van der Waals surface area contributed by atoms with Gasteiger partial charge in [0.25, 0.3) is 5.91 Å². The van der Waals surface area contributed by atoms with Crippen LogP contribution in [0, 0.1) is 6.92 Å². The molecule has 0 aliphatic carbocycles. The molecule has 0 aliphatic rings. The molecule has 0 unspecified atom stereocenters. The van der Waals surface area contributed by atoms with Gasteiger partial charge in [-0.2, -0.15) is 0 Å². The minimum atomic E-state index is -0.432. The van der Waals surface area contributed by atoms with Crippen LogP contribution < -0.4 is 10.1 Å². The van der Waals surface area contributed by atoms with Crippen LogP contribution in [0.25, 0.3) is 17.1 Å². The number of rotatable bonds is 6. The van der Waals surface area contributed by atoms with Gasteiger partial charge in [0.05, 0.1) is 23.0 Å². The van der Waals surface area contributed by atoms with Gasteiger partial charge in [-0.3, -0.25) is 4.79 Å². The van der Waals surface area contributed by atoms with Gasteiger partial charge in [0.2, 0.25) is 5.82 Å². The number of nitrogens with one attached hydrogen (secondary N) is 1. The van der Waals surface area contributed by atoms with Gasteiger partial charge in [-0.1, -0.05) is 54.1 Å². The molecule has 6 nitrogen and oxygen atoms in total. The largest absolute Gasteiger partial charge is 0.494 e. The van der Waals surface area contributed by atoms with Crippen molar-refractivity contribution in [2.75, 3.05) is 11.9 Å². The molecule has 4 rings (SSSR count). The molecule has 1 aromatic heterocycles. The average molecular weight is 433 g/mol. The van der Waals surface area contributed by atoms with Gasteiger partial charge in [0, 0.05) is 5.56 Å². The number of aromatic nitrogens is 3. The highest BCUT2D eigenvalue weighted by Crippen LogP contribution is 2.27. The maximum absolute atomic E-state index is 13.0. The van der Waals surface area contributed by atoms with Crippen molar-refractivity contribution < 1.29 is 9.53 Å². The third-order valence-corrected chi connectivity index (χ3v) is 5.01. The number of carbonyl (C=O) groups excluding carboxylic acids is 1. The van der Waals surface area contributed by atoms with E-state index in [1.807, 2.05) is 80.6 Å². The number of nitrogens with zero attached hydrogens (tertiary/aromatic N) is 3. The average Bonchev–Trinajstić information content (AvgIpc) is 3.23. The van der Waals surface area contributed by atoms with Crippen LogP contribution in [0.15, 0.2) is 72.8 Å². The number of hydrogen-bond donors (Lipinski definition) is 1. The zero-order chi connectivity index (χ0) is 21.8. The second-order valence-electron chi connectivity index (χ2n) is 6.85. The molecule has 0 radical (unpaired) electrons. The molecule has 0 fully saturated rings. The van der Waals surface area contributed by atoms with Crippen LogP contribution in [0.3, 0.4) is 0 Å². The molecule has 1 N–H and O–H groups in total. The second-order valence-corrected chi connectivity index (χ2v) is 7.26. The highest BCUT2D eigenvalue weighted by atomic mass is 35.5. The van der Waals surface area contributed by atoms with Crippen LogP contribution in [0.4, 0.5) is 5.69 Å². The van der Waals surface area contributed by atoms with E-state index in [4.69, 9.17) is 16.3 Å². The lowest BCUT2D eigenvalue weighted by Gasteiger charge is -2.08. The number of hydrogen-bond acceptors (Lipinski definition) is 4. The number of ether oxygens (including phenoxy) is 1. The summed E-state index contributed by atoms with van der Waals surface area (Å²) in [6, 6.07) is 22.5. The van der Waals surface area contributed by atoms with Crippen molar-refractivity contribution in [1.82, 2.24) is 14.8 Å². The Kier molecular flexibility index (Phi) is 6.00. The van der Waals surface area contributed by atoms with Crippen LogP contribution in [-0.2, 0) is 0 Å². The molecule has 4 aromatic rings. The van der Waals surface area contributed by atoms with E-state index in [2.05, 4.69) is 15.4 Å². The minimum absolute atomic E-state index is 0.0482. The molecule has 0 aliphatic heterocycles. The number of aryl methyl sites for hydroxylation is 1. The van der Waals surface area contributed by atoms with Crippen molar-refractivity contribution in [2.45, 2.75) is 13.8 Å². The number of anilines is 1. The minimum Gasteiger partial charge on any atom is -0.494 e. The predicted molar refractivity (Wildman–Crippen MR) is 122 cm³/mol. The van der Waals surface area contributed by atoms with E-state index in [1.54, 1.807) is 10.7 Å². The van der Waals surface area contributed by atoms with Crippen molar-refractivity contribution in [3.05, 3.63) is 89.2 Å². The molecule has 0 saturated heterocycles. The lowest BCUT2D eigenvalue weighted by atomic mass is 10.2. The lowest BCUT2D eigenvalue weighted by Crippen LogP contribution is -2.15. The van der Waals surface area contributed by atoms with Crippen molar-refractivity contribution in [2.24, 2.45) is 0 Å². The summed E-state index contributed by atoms with van der Waals surface area (Å²) in [5, 5.41) is 7.79. The standard InChI is InChI=1S/C24H21ClN4O2/c1-3-31-19-14-12-18(13-15-19)29-23(17-9-5-4-6-10-17)27-22(28-29)24(30)26-21-16(2)8-7-11-20(21)25/h4-15H,3H2,1-2H3,(H,26,30). The van der Waals surface area contributed by atoms with Crippen molar-refractivity contribution >= 4 is 23.2 Å². The van der Waals surface area contributed by atoms with Crippen LogP contribution in [0.5, 0.6) is 5.75 Å². The van der Waals surface area contributed by atoms with Gasteiger partial charge in [0.1, 0.15) is 5.75 Å². The maximum Gasteiger partial charge on any atom is 0.295 e. The second kappa shape index (κ2) is 9.02. The summed E-state index contributed by atoms with van der Waals surface area (Å²) in [5.41, 5.74) is 3.02. The Morgan fingerprint density at radius 1 is 1.03 bits per heavy atom. The molecule has 1 amide bonds. The van der Waals surface area contributed by atoms with E-state index in [-0.39, 0.29) is 5.82 Å². The van der Waals surface area contributed by atoms with E-state index >= 15 is 0 Å². The first kappa shape index (κ1) is 20.6. The Morgan fingerprint density at radius 3 is 2.45 bits per heavy atom. The number of benzene rings is 3. The maximum atomic E-state index is 13.0. The van der Waals surface area contributed by atoms with Gasteiger partial charge in [-0.25, -0.2) is 9.67 Å². The fraction of sp³-hybridized carbons (Fsp3) is 0.125. The number of carbonyl (C=O) groups is 1. The number of amides is 1. The highest BCUT2D eigenvalue weighted by Gasteiger charge is 2.20. The van der Waals surface area contributed by atoms with Gasteiger partial charge >= 0.3 is 0 Å². The Labute approximate surface area is 185 Å². The first-order valence-corrected chi connectivity index (χ1v) is 10.3. The normalized spacial score (nSPS) is 10.7. The van der Waals surface area contributed by atoms with Crippen LogP contribution >= 0.6 is 11.6 Å². The zero-order valence-electron chi connectivity index (χ0n) is 17.2. The summed E-state index contributed by atoms with van der Waals surface area (Å²) in [4.78, 5) is 17.5. The molecule has 3 aromatic carbocycles. The topological polar surface area (TPSA) is 69.0 Å². The molecule has 0 spiro atoms. The third-order valence-electron chi connectivity index (χ3n) is 4.69. The third kappa shape index (κ3) is 4.44. The van der Waals surface area contributed by atoms with Gasteiger partial charge in [0.15, 0.2) is 5.82 Å². The molecule has 31 heavy (non-hydrogen) atoms. The van der Waals surface area contributed by atoms with Crippen LogP contribution in [0.2, 0.25) is 5.02 Å². The molecule has 1 heterocycles. The Morgan fingerprint density at radius 2 is 1.77 bits per heavy atom. The van der Waals surface area contributed by atoms with E-state index in [1.165, 1.54) is 0 Å². The van der Waals surface area contributed by atoms with E-state index in [0.29, 0.717) is 23.1 Å².